The topological polar surface area (TPSA) is 55.1 Å². The van der Waals surface area contributed by atoms with Gasteiger partial charge in [0.05, 0.1) is 0 Å². The van der Waals surface area contributed by atoms with Gasteiger partial charge in [0.2, 0.25) is 0 Å². The Labute approximate surface area is 117 Å². The Hall–Kier alpha value is -1.49. The number of nitrogens with one attached hydrogen (secondary N) is 1. The molecular formula is C15H20F2N2O. The van der Waals surface area contributed by atoms with E-state index in [2.05, 4.69) is 5.32 Å². The van der Waals surface area contributed by atoms with E-state index in [0.29, 0.717) is 24.9 Å². The molecule has 0 bridgehead atoms. The van der Waals surface area contributed by atoms with Crippen molar-refractivity contribution >= 4 is 5.91 Å². The number of hydrogen-bond acceptors (Lipinski definition) is 2. The summed E-state index contributed by atoms with van der Waals surface area (Å²) in [5.41, 5.74) is 5.22. The molecule has 5 heteroatoms. The monoisotopic (exact) mass is 282 g/mol. The predicted molar refractivity (Wildman–Crippen MR) is 73.2 cm³/mol. The molecule has 2 rings (SSSR count). The third-order valence-corrected chi connectivity index (χ3v) is 4.08. The van der Waals surface area contributed by atoms with Gasteiger partial charge in [-0.1, -0.05) is 18.9 Å². The lowest BCUT2D eigenvalue weighted by molar-refractivity contribution is 0.0926. The lowest BCUT2D eigenvalue weighted by Crippen LogP contribution is -2.37. The quantitative estimate of drug-likeness (QED) is 0.891. The number of carbonyl (C=O) groups excluding carboxylic acids is 1. The average Bonchev–Trinajstić information content (AvgIpc) is 2.45. The fraction of sp³-hybridized carbons (Fsp3) is 0.533. The van der Waals surface area contributed by atoms with E-state index in [1.54, 1.807) is 0 Å². The molecule has 0 radical (unpaired) electrons. The highest BCUT2D eigenvalue weighted by molar-refractivity contribution is 5.94. The Morgan fingerprint density at radius 3 is 2.40 bits per heavy atom. The molecule has 3 nitrogen and oxygen atoms in total. The van der Waals surface area contributed by atoms with Gasteiger partial charge in [-0.05, 0) is 43.4 Å². The van der Waals surface area contributed by atoms with Crippen LogP contribution in [0.1, 0.15) is 36.0 Å². The maximum atomic E-state index is 13.5. The minimum atomic E-state index is -0.832. The fourth-order valence-corrected chi connectivity index (χ4v) is 2.89. The van der Waals surface area contributed by atoms with Crippen molar-refractivity contribution in [1.29, 1.82) is 0 Å². The molecule has 0 aromatic heterocycles. The van der Waals surface area contributed by atoms with E-state index in [0.717, 1.165) is 37.8 Å². The summed E-state index contributed by atoms with van der Waals surface area (Å²) >= 11 is 0. The second-order valence-electron chi connectivity index (χ2n) is 5.35. The first-order valence-electron chi connectivity index (χ1n) is 7.05. The van der Waals surface area contributed by atoms with E-state index < -0.39 is 23.1 Å². The molecule has 1 aliphatic carbocycles. The van der Waals surface area contributed by atoms with E-state index >= 15 is 0 Å². The molecule has 0 spiro atoms. The summed E-state index contributed by atoms with van der Waals surface area (Å²) in [6.45, 7) is 1.02. The number of carbonyl (C=O) groups is 1. The van der Waals surface area contributed by atoms with E-state index in [1.807, 2.05) is 0 Å². The molecule has 1 saturated carbocycles. The van der Waals surface area contributed by atoms with Gasteiger partial charge in [0, 0.05) is 6.54 Å². The van der Waals surface area contributed by atoms with Crippen LogP contribution < -0.4 is 11.1 Å². The molecule has 1 aliphatic rings. The van der Waals surface area contributed by atoms with Crippen molar-refractivity contribution in [3.8, 4) is 0 Å². The molecule has 20 heavy (non-hydrogen) atoms. The third-order valence-electron chi connectivity index (χ3n) is 4.08. The van der Waals surface area contributed by atoms with Gasteiger partial charge in [-0.2, -0.15) is 0 Å². The average molecular weight is 282 g/mol. The Kier molecular flexibility index (Phi) is 5.06. The normalized spacial score (nSPS) is 22.6. The van der Waals surface area contributed by atoms with Crippen LogP contribution in [0.15, 0.2) is 18.2 Å². The third kappa shape index (κ3) is 3.33. The van der Waals surface area contributed by atoms with Crippen molar-refractivity contribution in [2.24, 2.45) is 17.6 Å². The van der Waals surface area contributed by atoms with E-state index in [1.165, 1.54) is 6.07 Å². The molecule has 0 heterocycles. The molecule has 1 fully saturated rings. The number of rotatable bonds is 4. The van der Waals surface area contributed by atoms with Crippen molar-refractivity contribution in [3.05, 3.63) is 35.4 Å². The van der Waals surface area contributed by atoms with Crippen molar-refractivity contribution in [2.45, 2.75) is 25.7 Å². The first kappa shape index (κ1) is 14.9. The predicted octanol–water partition coefficient (Wildman–Crippen LogP) is 2.46. The molecule has 110 valence electrons. The standard InChI is InChI=1S/C15H20F2N2O/c16-12-6-3-7-13(17)14(12)15(20)19-9-11-5-2-1-4-10(11)8-18/h3,6-7,10-11H,1-2,4-5,8-9,18H2,(H,19,20). The van der Waals surface area contributed by atoms with Gasteiger partial charge in [0.15, 0.2) is 0 Å². The zero-order chi connectivity index (χ0) is 14.5. The molecule has 0 saturated heterocycles. The van der Waals surface area contributed by atoms with Gasteiger partial charge in [0.1, 0.15) is 17.2 Å². The second-order valence-corrected chi connectivity index (χ2v) is 5.35. The van der Waals surface area contributed by atoms with Crippen LogP contribution in [0.5, 0.6) is 0 Å². The summed E-state index contributed by atoms with van der Waals surface area (Å²) in [5.74, 6) is -1.67. The lowest BCUT2D eigenvalue weighted by atomic mass is 9.79. The van der Waals surface area contributed by atoms with Gasteiger partial charge in [-0.3, -0.25) is 4.79 Å². The van der Waals surface area contributed by atoms with Crippen molar-refractivity contribution in [1.82, 2.24) is 5.32 Å². The zero-order valence-electron chi connectivity index (χ0n) is 11.4. The number of nitrogens with two attached hydrogens (primary N) is 1. The van der Waals surface area contributed by atoms with Gasteiger partial charge in [-0.25, -0.2) is 8.78 Å². The van der Waals surface area contributed by atoms with Crippen LogP contribution >= 0.6 is 0 Å². The molecular weight excluding hydrogens is 262 g/mol. The maximum Gasteiger partial charge on any atom is 0.257 e. The van der Waals surface area contributed by atoms with Crippen molar-refractivity contribution in [2.75, 3.05) is 13.1 Å². The van der Waals surface area contributed by atoms with Crippen LogP contribution in [0.3, 0.4) is 0 Å². The number of hydrogen-bond donors (Lipinski definition) is 2. The first-order chi connectivity index (χ1) is 9.63. The summed E-state index contributed by atoms with van der Waals surface area (Å²) in [4.78, 5) is 11.9. The SMILES string of the molecule is NCC1CCCCC1CNC(=O)c1c(F)cccc1F. The van der Waals surface area contributed by atoms with Crippen LogP contribution in [0, 0.1) is 23.5 Å². The van der Waals surface area contributed by atoms with Crippen LogP contribution in [-0.4, -0.2) is 19.0 Å². The van der Waals surface area contributed by atoms with Crippen LogP contribution in [0.25, 0.3) is 0 Å². The van der Waals surface area contributed by atoms with Crippen LogP contribution in [0.2, 0.25) is 0 Å². The van der Waals surface area contributed by atoms with E-state index in [4.69, 9.17) is 5.73 Å². The highest BCUT2D eigenvalue weighted by atomic mass is 19.1. The molecule has 1 aromatic carbocycles. The minimum absolute atomic E-state index is 0.299. The fourth-order valence-electron chi connectivity index (χ4n) is 2.89. The van der Waals surface area contributed by atoms with Crippen molar-refractivity contribution < 1.29 is 13.6 Å². The molecule has 0 aliphatic heterocycles. The molecule has 1 amide bonds. The summed E-state index contributed by atoms with van der Waals surface area (Å²) in [5, 5.41) is 2.64. The van der Waals surface area contributed by atoms with Gasteiger partial charge >= 0.3 is 0 Å². The smallest absolute Gasteiger partial charge is 0.257 e. The van der Waals surface area contributed by atoms with E-state index in [-0.39, 0.29) is 0 Å². The highest BCUT2D eigenvalue weighted by Crippen LogP contribution is 2.28. The summed E-state index contributed by atoms with van der Waals surface area (Å²) < 4.78 is 27.0. The highest BCUT2D eigenvalue weighted by Gasteiger charge is 2.25. The van der Waals surface area contributed by atoms with E-state index in [9.17, 15) is 13.6 Å². The summed E-state index contributed by atoms with van der Waals surface area (Å²) in [6, 6.07) is 3.41. The Bertz CT molecular complexity index is 459. The number of amides is 1. The largest absolute Gasteiger partial charge is 0.352 e. The number of halogens is 2. The van der Waals surface area contributed by atoms with Gasteiger partial charge in [0.25, 0.3) is 5.91 Å². The summed E-state index contributed by atoms with van der Waals surface area (Å²) in [6.07, 6.45) is 4.34. The Balaban J connectivity index is 1.98. The lowest BCUT2D eigenvalue weighted by Gasteiger charge is -2.30. The molecule has 3 N–H and O–H groups in total. The summed E-state index contributed by atoms with van der Waals surface area (Å²) in [7, 11) is 0. The van der Waals surface area contributed by atoms with Crippen LogP contribution in [-0.2, 0) is 0 Å². The van der Waals surface area contributed by atoms with Gasteiger partial charge in [-0.15, -0.1) is 0 Å². The maximum absolute atomic E-state index is 13.5. The first-order valence-corrected chi connectivity index (χ1v) is 7.05. The zero-order valence-corrected chi connectivity index (χ0v) is 11.4. The van der Waals surface area contributed by atoms with Crippen LogP contribution in [0.4, 0.5) is 8.78 Å². The molecule has 1 aromatic rings. The second kappa shape index (κ2) is 6.79. The Morgan fingerprint density at radius 1 is 1.20 bits per heavy atom. The minimum Gasteiger partial charge on any atom is -0.352 e. The number of benzene rings is 1. The Morgan fingerprint density at radius 2 is 1.80 bits per heavy atom. The van der Waals surface area contributed by atoms with Crippen molar-refractivity contribution in [3.63, 3.8) is 0 Å². The molecule has 2 atom stereocenters. The molecule has 2 unspecified atom stereocenters. The van der Waals surface area contributed by atoms with Gasteiger partial charge < -0.3 is 11.1 Å².